The normalized spacial score (nSPS) is 19.7. The summed E-state index contributed by atoms with van der Waals surface area (Å²) < 4.78 is 5.96. The van der Waals surface area contributed by atoms with Gasteiger partial charge in [0.15, 0.2) is 0 Å². The minimum atomic E-state index is -0.197. The van der Waals surface area contributed by atoms with Crippen LogP contribution in [0.3, 0.4) is 0 Å². The summed E-state index contributed by atoms with van der Waals surface area (Å²) in [4.78, 5) is 13.0. The number of amides is 1. The minimum Gasteiger partial charge on any atom is -0.489 e. The SMILES string of the molecule is O=C(N[C@H]1CCCc2ccccc21)[C@@H]1Cc2ccc(OCc3ccccc3)cc2CN1. The zero-order valence-corrected chi connectivity index (χ0v) is 17.6. The number of rotatable bonds is 5. The van der Waals surface area contributed by atoms with E-state index < -0.39 is 0 Å². The lowest BCUT2D eigenvalue weighted by atomic mass is 9.87. The van der Waals surface area contributed by atoms with Crippen LogP contribution < -0.4 is 15.4 Å². The largest absolute Gasteiger partial charge is 0.489 e. The number of carbonyl (C=O) groups is 1. The van der Waals surface area contributed by atoms with Crippen molar-refractivity contribution in [3.63, 3.8) is 0 Å². The number of carbonyl (C=O) groups excluding carboxylic acids is 1. The van der Waals surface area contributed by atoms with Crippen LogP contribution in [0.1, 0.15) is 46.7 Å². The van der Waals surface area contributed by atoms with Gasteiger partial charge in [-0.15, -0.1) is 0 Å². The average Bonchev–Trinajstić information content (AvgIpc) is 2.83. The second-order valence-corrected chi connectivity index (χ2v) is 8.49. The van der Waals surface area contributed by atoms with Crippen molar-refractivity contribution in [2.75, 3.05) is 0 Å². The first-order valence-corrected chi connectivity index (χ1v) is 11.2. The van der Waals surface area contributed by atoms with Gasteiger partial charge in [-0.1, -0.05) is 60.7 Å². The highest BCUT2D eigenvalue weighted by Crippen LogP contribution is 2.30. The zero-order chi connectivity index (χ0) is 21.0. The molecule has 0 spiro atoms. The van der Waals surface area contributed by atoms with Crippen LogP contribution in [0.2, 0.25) is 0 Å². The Kier molecular flexibility index (Phi) is 5.72. The molecule has 1 aliphatic carbocycles. The van der Waals surface area contributed by atoms with E-state index >= 15 is 0 Å². The number of benzene rings is 3. The molecule has 0 bridgehead atoms. The number of aryl methyl sites for hydroxylation is 1. The van der Waals surface area contributed by atoms with Crippen LogP contribution in [0.4, 0.5) is 0 Å². The fourth-order valence-corrected chi connectivity index (χ4v) is 4.68. The smallest absolute Gasteiger partial charge is 0.237 e. The molecule has 4 heteroatoms. The quantitative estimate of drug-likeness (QED) is 0.650. The van der Waals surface area contributed by atoms with Crippen molar-refractivity contribution in [1.82, 2.24) is 10.6 Å². The van der Waals surface area contributed by atoms with E-state index in [1.165, 1.54) is 22.3 Å². The van der Waals surface area contributed by atoms with Crippen molar-refractivity contribution in [2.24, 2.45) is 0 Å². The molecule has 1 amide bonds. The molecule has 1 heterocycles. The Morgan fingerprint density at radius 2 is 1.81 bits per heavy atom. The fourth-order valence-electron chi connectivity index (χ4n) is 4.68. The summed E-state index contributed by atoms with van der Waals surface area (Å²) in [5.41, 5.74) is 6.22. The van der Waals surface area contributed by atoms with Crippen molar-refractivity contribution in [3.05, 3.63) is 101 Å². The lowest BCUT2D eigenvalue weighted by Crippen LogP contribution is -2.48. The average molecular weight is 413 g/mol. The van der Waals surface area contributed by atoms with Gasteiger partial charge in [-0.2, -0.15) is 0 Å². The molecule has 1 aliphatic heterocycles. The van der Waals surface area contributed by atoms with Gasteiger partial charge in [-0.05, 0) is 65.6 Å². The molecule has 0 saturated heterocycles. The number of hydrogen-bond acceptors (Lipinski definition) is 3. The van der Waals surface area contributed by atoms with Gasteiger partial charge < -0.3 is 15.4 Å². The molecular weight excluding hydrogens is 384 g/mol. The van der Waals surface area contributed by atoms with Crippen molar-refractivity contribution in [2.45, 2.75) is 50.9 Å². The Hall–Kier alpha value is -3.11. The predicted octanol–water partition coefficient (Wildman–Crippen LogP) is 4.47. The van der Waals surface area contributed by atoms with Gasteiger partial charge in [0.2, 0.25) is 5.91 Å². The standard InChI is InChI=1S/C27H28N2O2/c30-27(29-25-12-6-10-20-9-4-5-11-24(20)25)26-16-21-13-14-23(15-22(21)17-28-26)31-18-19-7-2-1-3-8-19/h1-5,7-9,11,13-15,25-26,28H,6,10,12,16-18H2,(H,29,30)/t25-,26-/m0/s1. The van der Waals surface area contributed by atoms with Gasteiger partial charge >= 0.3 is 0 Å². The highest BCUT2D eigenvalue weighted by atomic mass is 16.5. The Balaban J connectivity index is 1.21. The molecular formula is C27H28N2O2. The summed E-state index contributed by atoms with van der Waals surface area (Å²) in [6.07, 6.45) is 3.93. The predicted molar refractivity (Wildman–Crippen MR) is 122 cm³/mol. The molecule has 0 saturated carbocycles. The Bertz CT molecular complexity index is 1060. The van der Waals surface area contributed by atoms with E-state index in [1.807, 2.05) is 24.3 Å². The lowest BCUT2D eigenvalue weighted by molar-refractivity contribution is -0.124. The highest BCUT2D eigenvalue weighted by Gasteiger charge is 2.28. The Morgan fingerprint density at radius 1 is 0.968 bits per heavy atom. The molecule has 31 heavy (non-hydrogen) atoms. The van der Waals surface area contributed by atoms with Gasteiger partial charge in [0.25, 0.3) is 0 Å². The van der Waals surface area contributed by atoms with E-state index in [2.05, 4.69) is 59.2 Å². The van der Waals surface area contributed by atoms with Gasteiger partial charge in [-0.3, -0.25) is 4.79 Å². The van der Waals surface area contributed by atoms with Crippen LogP contribution in [0.15, 0.2) is 72.8 Å². The summed E-state index contributed by atoms with van der Waals surface area (Å²) in [5.74, 6) is 0.961. The topological polar surface area (TPSA) is 50.4 Å². The van der Waals surface area contributed by atoms with E-state index in [1.54, 1.807) is 0 Å². The zero-order valence-electron chi connectivity index (χ0n) is 17.6. The maximum Gasteiger partial charge on any atom is 0.237 e. The van der Waals surface area contributed by atoms with Crippen LogP contribution in [0.25, 0.3) is 0 Å². The summed E-state index contributed by atoms with van der Waals surface area (Å²) in [6.45, 7) is 1.23. The molecule has 5 rings (SSSR count). The first-order chi connectivity index (χ1) is 15.3. The van der Waals surface area contributed by atoms with Gasteiger partial charge in [0, 0.05) is 6.54 Å². The molecule has 2 atom stereocenters. The molecule has 0 aromatic heterocycles. The lowest BCUT2D eigenvalue weighted by Gasteiger charge is -2.30. The molecule has 3 aromatic carbocycles. The summed E-state index contributed by atoms with van der Waals surface area (Å²) >= 11 is 0. The third kappa shape index (κ3) is 4.49. The van der Waals surface area contributed by atoms with E-state index in [0.717, 1.165) is 30.6 Å². The van der Waals surface area contributed by atoms with Gasteiger partial charge in [0.05, 0.1) is 12.1 Å². The molecule has 0 radical (unpaired) electrons. The second kappa shape index (κ2) is 8.94. The summed E-state index contributed by atoms with van der Waals surface area (Å²) in [7, 11) is 0. The van der Waals surface area contributed by atoms with E-state index in [9.17, 15) is 4.79 Å². The fraction of sp³-hybridized carbons (Fsp3) is 0.296. The molecule has 2 aliphatic rings. The maximum atomic E-state index is 13.0. The van der Waals surface area contributed by atoms with Crippen molar-refractivity contribution < 1.29 is 9.53 Å². The maximum absolute atomic E-state index is 13.0. The molecule has 3 aromatic rings. The number of ether oxygens (including phenoxy) is 1. The van der Waals surface area contributed by atoms with E-state index in [4.69, 9.17) is 4.74 Å². The van der Waals surface area contributed by atoms with E-state index in [0.29, 0.717) is 19.6 Å². The van der Waals surface area contributed by atoms with Crippen LogP contribution in [0.5, 0.6) is 5.75 Å². The highest BCUT2D eigenvalue weighted by molar-refractivity contribution is 5.83. The Labute approximate surface area is 183 Å². The molecule has 158 valence electrons. The van der Waals surface area contributed by atoms with Crippen LogP contribution in [-0.4, -0.2) is 11.9 Å². The first kappa shape index (κ1) is 19.8. The molecule has 0 unspecified atom stereocenters. The first-order valence-electron chi connectivity index (χ1n) is 11.2. The number of hydrogen-bond donors (Lipinski definition) is 2. The Morgan fingerprint density at radius 3 is 2.71 bits per heavy atom. The summed E-state index contributed by atoms with van der Waals surface area (Å²) in [6, 6.07) is 24.8. The minimum absolute atomic E-state index is 0.0942. The van der Waals surface area contributed by atoms with Gasteiger partial charge in [0.1, 0.15) is 12.4 Å². The van der Waals surface area contributed by atoms with Crippen molar-refractivity contribution in [1.29, 1.82) is 0 Å². The van der Waals surface area contributed by atoms with Crippen LogP contribution in [-0.2, 0) is 30.8 Å². The third-order valence-corrected chi connectivity index (χ3v) is 6.39. The van der Waals surface area contributed by atoms with Crippen molar-refractivity contribution in [3.8, 4) is 5.75 Å². The molecule has 0 fully saturated rings. The number of nitrogens with one attached hydrogen (secondary N) is 2. The molecule has 2 N–H and O–H groups in total. The third-order valence-electron chi connectivity index (χ3n) is 6.39. The van der Waals surface area contributed by atoms with Crippen LogP contribution in [0, 0.1) is 0 Å². The van der Waals surface area contributed by atoms with Gasteiger partial charge in [-0.25, -0.2) is 0 Å². The van der Waals surface area contributed by atoms with Crippen molar-refractivity contribution >= 4 is 5.91 Å². The number of fused-ring (bicyclic) bond motifs is 2. The summed E-state index contributed by atoms with van der Waals surface area (Å²) in [5, 5.41) is 6.72. The monoisotopic (exact) mass is 412 g/mol. The van der Waals surface area contributed by atoms with E-state index in [-0.39, 0.29) is 18.0 Å². The van der Waals surface area contributed by atoms with Crippen LogP contribution >= 0.6 is 0 Å². The molecule has 4 nitrogen and oxygen atoms in total. The second-order valence-electron chi connectivity index (χ2n) is 8.49.